The van der Waals surface area contributed by atoms with E-state index < -0.39 is 16.1 Å². The molecule has 1 saturated heterocycles. The SMILES string of the molecule is COc1ccc(CN2C(=O)CN(c3cccc(I)c3)S2(=O)=O)cc1. The Morgan fingerprint density at radius 3 is 2.50 bits per heavy atom. The van der Waals surface area contributed by atoms with Gasteiger partial charge >= 0.3 is 10.2 Å². The summed E-state index contributed by atoms with van der Waals surface area (Å²) in [4.78, 5) is 12.3. The lowest BCUT2D eigenvalue weighted by molar-refractivity contribution is -0.124. The van der Waals surface area contributed by atoms with Crippen molar-refractivity contribution in [2.45, 2.75) is 6.54 Å². The molecule has 1 heterocycles. The van der Waals surface area contributed by atoms with E-state index in [1.165, 1.54) is 0 Å². The molecule has 1 aliphatic heterocycles. The number of amides is 1. The van der Waals surface area contributed by atoms with Gasteiger partial charge in [0, 0.05) is 3.57 Å². The van der Waals surface area contributed by atoms with E-state index in [0.29, 0.717) is 11.4 Å². The van der Waals surface area contributed by atoms with E-state index in [-0.39, 0.29) is 13.1 Å². The van der Waals surface area contributed by atoms with Gasteiger partial charge in [-0.3, -0.25) is 4.79 Å². The van der Waals surface area contributed by atoms with Crippen molar-refractivity contribution in [2.75, 3.05) is 18.0 Å². The van der Waals surface area contributed by atoms with Crippen molar-refractivity contribution in [1.82, 2.24) is 4.31 Å². The van der Waals surface area contributed by atoms with Gasteiger partial charge in [-0.1, -0.05) is 18.2 Å². The van der Waals surface area contributed by atoms with Gasteiger partial charge in [0.15, 0.2) is 0 Å². The second-order valence-electron chi connectivity index (χ2n) is 5.24. The van der Waals surface area contributed by atoms with Crippen LogP contribution in [0.1, 0.15) is 5.56 Å². The molecule has 1 fully saturated rings. The zero-order valence-corrected chi connectivity index (χ0v) is 15.8. The molecule has 0 atom stereocenters. The van der Waals surface area contributed by atoms with E-state index in [1.54, 1.807) is 49.6 Å². The van der Waals surface area contributed by atoms with Crippen LogP contribution in [-0.2, 0) is 21.5 Å². The van der Waals surface area contributed by atoms with Crippen LogP contribution in [0.15, 0.2) is 48.5 Å². The molecule has 3 rings (SSSR count). The van der Waals surface area contributed by atoms with Gasteiger partial charge in [-0.15, -0.1) is 0 Å². The number of hydrogen-bond donors (Lipinski definition) is 0. The van der Waals surface area contributed by atoms with Crippen molar-refractivity contribution >= 4 is 44.4 Å². The fourth-order valence-electron chi connectivity index (χ4n) is 2.45. The largest absolute Gasteiger partial charge is 0.497 e. The molecule has 0 aromatic heterocycles. The average molecular weight is 458 g/mol. The first-order chi connectivity index (χ1) is 11.4. The van der Waals surface area contributed by atoms with Crippen LogP contribution in [0.3, 0.4) is 0 Å². The lowest BCUT2D eigenvalue weighted by atomic mass is 10.2. The topological polar surface area (TPSA) is 66.9 Å². The maximum absolute atomic E-state index is 12.7. The van der Waals surface area contributed by atoms with Gasteiger partial charge in [-0.2, -0.15) is 8.42 Å². The third kappa shape index (κ3) is 3.20. The molecular formula is C16H15IN2O4S. The number of carbonyl (C=O) groups excluding carboxylic acids is 1. The van der Waals surface area contributed by atoms with E-state index >= 15 is 0 Å². The van der Waals surface area contributed by atoms with Gasteiger partial charge in [0.05, 0.1) is 19.3 Å². The summed E-state index contributed by atoms with van der Waals surface area (Å²) in [5.74, 6) is 0.236. The van der Waals surface area contributed by atoms with E-state index in [2.05, 4.69) is 22.6 Å². The van der Waals surface area contributed by atoms with Crippen LogP contribution in [0, 0.1) is 3.57 Å². The predicted molar refractivity (Wildman–Crippen MR) is 99.0 cm³/mol. The van der Waals surface area contributed by atoms with Gasteiger partial charge < -0.3 is 4.74 Å². The van der Waals surface area contributed by atoms with Crippen LogP contribution < -0.4 is 9.04 Å². The minimum absolute atomic E-state index is 0.00554. The number of halogens is 1. The molecule has 2 aromatic rings. The van der Waals surface area contributed by atoms with Gasteiger partial charge in [-0.25, -0.2) is 8.61 Å². The Morgan fingerprint density at radius 2 is 1.88 bits per heavy atom. The first-order valence-corrected chi connectivity index (χ1v) is 9.61. The van der Waals surface area contributed by atoms with Gasteiger partial charge in [0.1, 0.15) is 12.3 Å². The molecule has 24 heavy (non-hydrogen) atoms. The number of carbonyl (C=O) groups is 1. The monoisotopic (exact) mass is 458 g/mol. The highest BCUT2D eigenvalue weighted by molar-refractivity contribution is 14.1. The van der Waals surface area contributed by atoms with Crippen LogP contribution in [0.2, 0.25) is 0 Å². The smallest absolute Gasteiger partial charge is 0.329 e. The number of rotatable bonds is 4. The quantitative estimate of drug-likeness (QED) is 0.661. The van der Waals surface area contributed by atoms with Crippen molar-refractivity contribution in [2.24, 2.45) is 0 Å². The molecule has 6 nitrogen and oxygen atoms in total. The summed E-state index contributed by atoms with van der Waals surface area (Å²) in [6.45, 7) is -0.176. The van der Waals surface area contributed by atoms with E-state index in [9.17, 15) is 13.2 Å². The van der Waals surface area contributed by atoms with Crippen LogP contribution in [-0.4, -0.2) is 32.3 Å². The molecule has 126 valence electrons. The van der Waals surface area contributed by atoms with Crippen LogP contribution in [0.25, 0.3) is 0 Å². The number of methoxy groups -OCH3 is 1. The Morgan fingerprint density at radius 1 is 1.17 bits per heavy atom. The number of hydrogen-bond acceptors (Lipinski definition) is 4. The highest BCUT2D eigenvalue weighted by Gasteiger charge is 2.42. The second kappa shape index (κ2) is 6.60. The number of anilines is 1. The maximum atomic E-state index is 12.7. The number of ether oxygens (including phenoxy) is 1. The van der Waals surface area contributed by atoms with Gasteiger partial charge in [0.25, 0.3) is 5.91 Å². The molecule has 0 aliphatic carbocycles. The molecule has 0 unspecified atom stereocenters. The average Bonchev–Trinajstić information content (AvgIpc) is 2.79. The van der Waals surface area contributed by atoms with Crippen molar-refractivity contribution in [3.8, 4) is 5.75 Å². The Balaban J connectivity index is 1.88. The van der Waals surface area contributed by atoms with E-state index in [4.69, 9.17) is 4.74 Å². The molecule has 1 amide bonds. The Hall–Kier alpha value is -1.81. The second-order valence-corrected chi connectivity index (χ2v) is 8.27. The fraction of sp³-hybridized carbons (Fsp3) is 0.188. The molecule has 0 radical (unpaired) electrons. The zero-order chi connectivity index (χ0) is 17.3. The maximum Gasteiger partial charge on any atom is 0.329 e. The van der Waals surface area contributed by atoms with Crippen LogP contribution >= 0.6 is 22.6 Å². The van der Waals surface area contributed by atoms with Gasteiger partial charge in [0.2, 0.25) is 0 Å². The third-order valence-electron chi connectivity index (χ3n) is 3.70. The number of benzene rings is 2. The van der Waals surface area contributed by atoms with Crippen molar-refractivity contribution < 1.29 is 17.9 Å². The summed E-state index contributed by atoms with van der Waals surface area (Å²) < 4.78 is 33.5. The Kier molecular flexibility index (Phi) is 4.68. The molecule has 2 aromatic carbocycles. The molecule has 8 heteroatoms. The third-order valence-corrected chi connectivity index (χ3v) is 6.15. The molecule has 0 saturated carbocycles. The normalized spacial score (nSPS) is 16.5. The summed E-state index contributed by atoms with van der Waals surface area (Å²) in [6, 6.07) is 14.0. The Labute approximate surface area is 154 Å². The van der Waals surface area contributed by atoms with Crippen LogP contribution in [0.4, 0.5) is 5.69 Å². The standard InChI is InChI=1S/C16H15IN2O4S/c1-23-15-7-5-12(6-8-15)10-19-16(20)11-18(24(19,21)22)14-4-2-3-13(17)9-14/h2-9H,10-11H2,1H3. The molecule has 1 aliphatic rings. The first kappa shape index (κ1) is 17.0. The summed E-state index contributed by atoms with van der Waals surface area (Å²) in [5.41, 5.74) is 1.21. The summed E-state index contributed by atoms with van der Waals surface area (Å²) in [5, 5.41) is 0. The first-order valence-electron chi connectivity index (χ1n) is 7.13. The van der Waals surface area contributed by atoms with Crippen molar-refractivity contribution in [1.29, 1.82) is 0 Å². The zero-order valence-electron chi connectivity index (χ0n) is 12.8. The minimum Gasteiger partial charge on any atom is -0.497 e. The molecule has 0 spiro atoms. The summed E-state index contributed by atoms with van der Waals surface area (Å²) in [6.07, 6.45) is 0. The molecule has 0 N–H and O–H groups in total. The van der Waals surface area contributed by atoms with E-state index in [0.717, 1.165) is 17.7 Å². The molecular weight excluding hydrogens is 443 g/mol. The van der Waals surface area contributed by atoms with Crippen LogP contribution in [0.5, 0.6) is 5.75 Å². The fourth-order valence-corrected chi connectivity index (χ4v) is 4.50. The summed E-state index contributed by atoms with van der Waals surface area (Å²) >= 11 is 2.11. The Bertz CT molecular complexity index is 868. The predicted octanol–water partition coefficient (Wildman–Crippen LogP) is 2.39. The summed E-state index contributed by atoms with van der Waals surface area (Å²) in [7, 11) is -2.32. The lowest BCUT2D eigenvalue weighted by Gasteiger charge is -2.20. The van der Waals surface area contributed by atoms with Crippen molar-refractivity contribution in [3.63, 3.8) is 0 Å². The molecule has 0 bridgehead atoms. The highest BCUT2D eigenvalue weighted by Crippen LogP contribution is 2.28. The minimum atomic E-state index is -3.88. The highest BCUT2D eigenvalue weighted by atomic mass is 127. The van der Waals surface area contributed by atoms with E-state index in [1.807, 2.05) is 6.07 Å². The van der Waals surface area contributed by atoms with Gasteiger partial charge in [-0.05, 0) is 58.5 Å². The number of nitrogens with zero attached hydrogens (tertiary/aromatic N) is 2. The lowest BCUT2D eigenvalue weighted by Crippen LogP contribution is -2.33. The van der Waals surface area contributed by atoms with Crippen molar-refractivity contribution in [3.05, 3.63) is 57.7 Å².